The zero-order chi connectivity index (χ0) is 29.5. The molecule has 3 heterocycles. The molecule has 3 atom stereocenters. The molecule has 0 saturated carbocycles. The highest BCUT2D eigenvalue weighted by Gasteiger charge is 2.43. The average Bonchev–Trinajstić information content (AvgIpc) is 3.52. The van der Waals surface area contributed by atoms with Gasteiger partial charge in [-0.25, -0.2) is 22.4 Å². The molecule has 0 bridgehead atoms. The Kier molecular flexibility index (Phi) is 8.27. The normalized spacial score (nSPS) is 21.9. The predicted octanol–water partition coefficient (Wildman–Crippen LogP) is 4.92. The van der Waals surface area contributed by atoms with Crippen LogP contribution < -0.4 is 4.74 Å². The molecule has 1 saturated heterocycles. The van der Waals surface area contributed by atoms with Crippen LogP contribution in [0, 0.1) is 11.6 Å². The number of hydrogen-bond donors (Lipinski definition) is 3. The lowest BCUT2D eigenvalue weighted by Gasteiger charge is -2.42. The van der Waals surface area contributed by atoms with Gasteiger partial charge in [-0.1, -0.05) is 6.07 Å². The first-order valence-electron chi connectivity index (χ1n) is 13.6. The summed E-state index contributed by atoms with van der Waals surface area (Å²) in [5, 5.41) is 19.3. The van der Waals surface area contributed by atoms with Crippen molar-refractivity contribution in [2.75, 3.05) is 39.5 Å². The van der Waals surface area contributed by atoms with E-state index in [2.05, 4.69) is 4.98 Å². The van der Waals surface area contributed by atoms with Gasteiger partial charge >= 0.3 is 5.97 Å². The molecule has 1 aromatic heterocycles. The second kappa shape index (κ2) is 11.6. The van der Waals surface area contributed by atoms with Gasteiger partial charge in [0.25, 0.3) is 5.92 Å². The van der Waals surface area contributed by atoms with Crippen LogP contribution in [0.3, 0.4) is 0 Å². The van der Waals surface area contributed by atoms with Gasteiger partial charge in [-0.15, -0.1) is 0 Å². The standard InChI is InChI=1S/C29H32F5N3O4/c1-16-9-21-20-4-3-17(28(39)40)10-24(20)35-26(21)27(37(16)14-29(33,34)15-38)25-22(31)11-19(12-23(25)32)41-18-5-8-36(13-18)7-2-6-30/h3-4,10-12,16,18,27,35,38H,2,5-9,13-15H2,1H3,(H,39,40)/t16-,18+,27-/m1/s1. The van der Waals surface area contributed by atoms with Gasteiger partial charge in [-0.05, 0) is 43.9 Å². The molecule has 2 aliphatic heterocycles. The zero-order valence-electron chi connectivity index (χ0n) is 22.5. The van der Waals surface area contributed by atoms with Gasteiger partial charge in [0.05, 0.1) is 24.8 Å². The maximum Gasteiger partial charge on any atom is 0.335 e. The number of H-pyrrole nitrogens is 1. The Bertz CT molecular complexity index is 1410. The van der Waals surface area contributed by atoms with Gasteiger partial charge in [0.15, 0.2) is 0 Å². The number of aromatic carboxylic acids is 1. The maximum atomic E-state index is 15.8. The predicted molar refractivity (Wildman–Crippen MR) is 141 cm³/mol. The van der Waals surface area contributed by atoms with E-state index >= 15 is 8.78 Å². The molecule has 0 spiro atoms. The van der Waals surface area contributed by atoms with Crippen LogP contribution in [0.4, 0.5) is 22.0 Å². The number of carboxylic acid groups (broad SMARTS) is 1. The van der Waals surface area contributed by atoms with Gasteiger partial charge in [-0.3, -0.25) is 14.2 Å². The summed E-state index contributed by atoms with van der Waals surface area (Å²) in [5.74, 6) is -6.72. The smallest absolute Gasteiger partial charge is 0.335 e. The minimum absolute atomic E-state index is 0.00148. The number of aliphatic hydroxyl groups is 1. The zero-order valence-corrected chi connectivity index (χ0v) is 22.5. The van der Waals surface area contributed by atoms with Crippen LogP contribution in [-0.2, 0) is 6.42 Å². The molecule has 12 heteroatoms. The van der Waals surface area contributed by atoms with Crippen molar-refractivity contribution in [1.29, 1.82) is 0 Å². The number of ether oxygens (including phenoxy) is 1. The number of aromatic nitrogens is 1. The molecular weight excluding hydrogens is 549 g/mol. The molecule has 41 heavy (non-hydrogen) atoms. The molecule has 7 nitrogen and oxygen atoms in total. The Morgan fingerprint density at radius 1 is 1.20 bits per heavy atom. The van der Waals surface area contributed by atoms with E-state index in [1.54, 1.807) is 13.0 Å². The Labute approximate surface area is 233 Å². The summed E-state index contributed by atoms with van der Waals surface area (Å²) < 4.78 is 79.0. The molecule has 3 aromatic rings. The van der Waals surface area contributed by atoms with Crippen LogP contribution in [0.1, 0.15) is 53.0 Å². The minimum atomic E-state index is -3.54. The molecule has 0 amide bonds. The van der Waals surface area contributed by atoms with Gasteiger partial charge in [0.2, 0.25) is 0 Å². The Balaban J connectivity index is 1.54. The first kappa shape index (κ1) is 29.3. The van der Waals surface area contributed by atoms with Crippen molar-refractivity contribution in [3.05, 3.63) is 64.4 Å². The number of carbonyl (C=O) groups is 1. The molecule has 2 aliphatic rings. The van der Waals surface area contributed by atoms with E-state index in [1.165, 1.54) is 17.0 Å². The highest BCUT2D eigenvalue weighted by atomic mass is 19.3. The fourth-order valence-corrected chi connectivity index (χ4v) is 6.03. The number of likely N-dealkylation sites (tertiary alicyclic amines) is 1. The Hall–Kier alpha value is -3.22. The van der Waals surface area contributed by atoms with Crippen LogP contribution >= 0.6 is 0 Å². The van der Waals surface area contributed by atoms with Crippen molar-refractivity contribution in [3.8, 4) is 5.75 Å². The number of alkyl halides is 3. The molecule has 222 valence electrons. The molecule has 3 N–H and O–H groups in total. The fourth-order valence-electron chi connectivity index (χ4n) is 6.03. The first-order chi connectivity index (χ1) is 19.5. The van der Waals surface area contributed by atoms with Crippen LogP contribution in [-0.4, -0.2) is 88.5 Å². The van der Waals surface area contributed by atoms with Crippen molar-refractivity contribution < 1.29 is 41.7 Å². The van der Waals surface area contributed by atoms with E-state index in [0.717, 1.165) is 12.1 Å². The van der Waals surface area contributed by atoms with Crippen molar-refractivity contribution in [3.63, 3.8) is 0 Å². The highest BCUT2D eigenvalue weighted by Crippen LogP contribution is 2.44. The van der Waals surface area contributed by atoms with Crippen molar-refractivity contribution in [2.45, 2.75) is 50.3 Å². The molecule has 0 aliphatic carbocycles. The largest absolute Gasteiger partial charge is 0.489 e. The number of nitrogens with one attached hydrogen (secondary N) is 1. The lowest BCUT2D eigenvalue weighted by Crippen LogP contribution is -2.49. The van der Waals surface area contributed by atoms with Crippen molar-refractivity contribution in [1.82, 2.24) is 14.8 Å². The fraction of sp³-hybridized carbons (Fsp3) is 0.483. The van der Waals surface area contributed by atoms with E-state index in [-0.39, 0.29) is 29.5 Å². The lowest BCUT2D eigenvalue weighted by molar-refractivity contribution is -0.0869. The summed E-state index contributed by atoms with van der Waals surface area (Å²) in [6.45, 7) is 0.563. The average molecular weight is 582 g/mol. The van der Waals surface area contributed by atoms with E-state index in [9.17, 15) is 28.2 Å². The quantitative estimate of drug-likeness (QED) is 0.295. The third-order valence-corrected chi connectivity index (χ3v) is 7.97. The van der Waals surface area contributed by atoms with Gasteiger partial charge < -0.3 is 19.9 Å². The molecule has 2 aromatic carbocycles. The first-order valence-corrected chi connectivity index (χ1v) is 13.6. The molecule has 1 fully saturated rings. The number of nitrogens with zero attached hydrogens (tertiary/aromatic N) is 2. The van der Waals surface area contributed by atoms with Crippen LogP contribution in [0.15, 0.2) is 30.3 Å². The van der Waals surface area contributed by atoms with Crippen LogP contribution in [0.25, 0.3) is 10.9 Å². The van der Waals surface area contributed by atoms with E-state index in [4.69, 9.17) is 4.74 Å². The minimum Gasteiger partial charge on any atom is -0.489 e. The number of aliphatic hydroxyl groups excluding tert-OH is 1. The molecule has 0 radical (unpaired) electrons. The van der Waals surface area contributed by atoms with Gasteiger partial charge in [-0.2, -0.15) is 0 Å². The van der Waals surface area contributed by atoms with Crippen LogP contribution in [0.5, 0.6) is 5.75 Å². The summed E-state index contributed by atoms with van der Waals surface area (Å²) in [6.07, 6.45) is 0.921. The topological polar surface area (TPSA) is 89.0 Å². The third kappa shape index (κ3) is 5.91. The summed E-state index contributed by atoms with van der Waals surface area (Å²) in [5.41, 5.74) is 0.872. The number of carboxylic acids is 1. The lowest BCUT2D eigenvalue weighted by atomic mass is 9.87. The van der Waals surface area contributed by atoms with Crippen LogP contribution in [0.2, 0.25) is 0 Å². The number of rotatable bonds is 10. The molecule has 0 unspecified atom stereocenters. The van der Waals surface area contributed by atoms with Crippen molar-refractivity contribution in [2.24, 2.45) is 0 Å². The SMILES string of the molecule is C[C@@H]1Cc2c([nH]c3cc(C(=O)O)ccc23)[C@@H](c2c(F)cc(O[C@H]3CCN(CCCF)C3)cc2F)N1CC(F)(F)CO. The third-order valence-electron chi connectivity index (χ3n) is 7.97. The Morgan fingerprint density at radius 3 is 2.59 bits per heavy atom. The summed E-state index contributed by atoms with van der Waals surface area (Å²) in [6, 6.07) is 4.56. The second-order valence-electron chi connectivity index (χ2n) is 10.9. The number of fused-ring (bicyclic) bond motifs is 3. The van der Waals surface area contributed by atoms with Gasteiger partial charge in [0.1, 0.15) is 30.1 Å². The second-order valence-corrected chi connectivity index (χ2v) is 10.9. The summed E-state index contributed by atoms with van der Waals surface area (Å²) in [7, 11) is 0. The highest BCUT2D eigenvalue weighted by molar-refractivity contribution is 5.95. The number of halogens is 5. The monoisotopic (exact) mass is 581 g/mol. The molecule has 5 rings (SSSR count). The molecular formula is C29H32F5N3O4. The number of benzene rings is 2. The van der Waals surface area contributed by atoms with E-state index in [1.807, 2.05) is 4.90 Å². The summed E-state index contributed by atoms with van der Waals surface area (Å²) >= 11 is 0. The summed E-state index contributed by atoms with van der Waals surface area (Å²) in [4.78, 5) is 17.8. The van der Waals surface area contributed by atoms with Gasteiger partial charge in [0, 0.05) is 60.0 Å². The van der Waals surface area contributed by atoms with Crippen molar-refractivity contribution >= 4 is 16.9 Å². The van der Waals surface area contributed by atoms with E-state index < -0.39 is 61.0 Å². The Morgan fingerprint density at radius 2 is 1.93 bits per heavy atom. The maximum absolute atomic E-state index is 15.8. The number of aromatic amines is 1. The number of hydrogen-bond acceptors (Lipinski definition) is 5. The van der Waals surface area contributed by atoms with E-state index in [0.29, 0.717) is 48.9 Å².